The van der Waals surface area contributed by atoms with E-state index in [4.69, 9.17) is 5.73 Å². The van der Waals surface area contributed by atoms with Gasteiger partial charge in [-0.25, -0.2) is 0 Å². The Morgan fingerprint density at radius 2 is 1.95 bits per heavy atom. The van der Waals surface area contributed by atoms with Gasteiger partial charge in [0.15, 0.2) is 0 Å². The molecule has 1 aromatic carbocycles. The molecule has 1 saturated heterocycles. The molecule has 1 aromatic rings. The molecule has 1 heterocycles. The van der Waals surface area contributed by atoms with Crippen LogP contribution in [-0.4, -0.2) is 42.7 Å². The van der Waals surface area contributed by atoms with E-state index in [1.165, 1.54) is 5.75 Å². The molecule has 0 bridgehead atoms. The standard InChI is InChI=1S/C14H20F2N2OS/c15-14(16)19-12-4-2-11(3-5-12)13(10-17)18-6-1-8-20-9-7-18/h2-5,13-14H,1,6-10,17H2. The maximum atomic E-state index is 12.1. The van der Waals surface area contributed by atoms with Gasteiger partial charge in [0.25, 0.3) is 0 Å². The van der Waals surface area contributed by atoms with E-state index in [0.717, 1.165) is 30.8 Å². The van der Waals surface area contributed by atoms with Gasteiger partial charge in [-0.1, -0.05) is 12.1 Å². The molecule has 6 heteroatoms. The molecule has 20 heavy (non-hydrogen) atoms. The molecule has 1 fully saturated rings. The van der Waals surface area contributed by atoms with Gasteiger partial charge in [0.1, 0.15) is 5.75 Å². The van der Waals surface area contributed by atoms with Crippen LogP contribution in [0.2, 0.25) is 0 Å². The highest BCUT2D eigenvalue weighted by Crippen LogP contribution is 2.25. The quantitative estimate of drug-likeness (QED) is 0.907. The van der Waals surface area contributed by atoms with E-state index in [1.54, 1.807) is 12.1 Å². The SMILES string of the molecule is NCC(c1ccc(OC(F)F)cc1)N1CCCSCC1. The second-order valence-electron chi connectivity index (χ2n) is 4.70. The maximum Gasteiger partial charge on any atom is 0.387 e. The molecule has 0 amide bonds. The number of hydrogen-bond acceptors (Lipinski definition) is 4. The number of alkyl halides is 2. The van der Waals surface area contributed by atoms with Crippen molar-refractivity contribution in [1.82, 2.24) is 4.90 Å². The van der Waals surface area contributed by atoms with Crippen molar-refractivity contribution in [2.75, 3.05) is 31.1 Å². The third-order valence-corrected chi connectivity index (χ3v) is 4.46. The number of rotatable bonds is 5. The van der Waals surface area contributed by atoms with Crippen molar-refractivity contribution >= 4 is 11.8 Å². The number of nitrogens with zero attached hydrogens (tertiary/aromatic N) is 1. The molecule has 1 unspecified atom stereocenters. The zero-order valence-electron chi connectivity index (χ0n) is 11.3. The first-order valence-corrected chi connectivity index (χ1v) is 7.93. The summed E-state index contributed by atoms with van der Waals surface area (Å²) in [5.74, 6) is 2.49. The highest BCUT2D eigenvalue weighted by Gasteiger charge is 2.20. The van der Waals surface area contributed by atoms with E-state index >= 15 is 0 Å². The van der Waals surface area contributed by atoms with Crippen LogP contribution in [0.25, 0.3) is 0 Å². The lowest BCUT2D eigenvalue weighted by Crippen LogP contribution is -2.35. The average Bonchev–Trinajstić information content (AvgIpc) is 2.70. The molecular formula is C14H20F2N2OS. The van der Waals surface area contributed by atoms with Crippen LogP contribution in [0.4, 0.5) is 8.78 Å². The second kappa shape index (κ2) is 7.81. The maximum absolute atomic E-state index is 12.1. The van der Waals surface area contributed by atoms with Crippen LogP contribution in [0.15, 0.2) is 24.3 Å². The average molecular weight is 302 g/mol. The van der Waals surface area contributed by atoms with E-state index in [-0.39, 0.29) is 11.8 Å². The minimum Gasteiger partial charge on any atom is -0.435 e. The summed E-state index contributed by atoms with van der Waals surface area (Å²) in [7, 11) is 0. The van der Waals surface area contributed by atoms with Crippen LogP contribution < -0.4 is 10.5 Å². The summed E-state index contributed by atoms with van der Waals surface area (Å²) < 4.78 is 28.6. The zero-order valence-corrected chi connectivity index (χ0v) is 12.1. The van der Waals surface area contributed by atoms with E-state index in [0.29, 0.717) is 6.54 Å². The molecule has 1 aliphatic heterocycles. The van der Waals surface area contributed by atoms with Crippen LogP contribution in [0.1, 0.15) is 18.0 Å². The molecule has 3 nitrogen and oxygen atoms in total. The Bertz CT molecular complexity index is 395. The Balaban J connectivity index is 2.06. The third-order valence-electron chi connectivity index (χ3n) is 3.41. The monoisotopic (exact) mass is 302 g/mol. The van der Waals surface area contributed by atoms with Crippen molar-refractivity contribution in [1.29, 1.82) is 0 Å². The predicted octanol–water partition coefficient (Wildman–Crippen LogP) is 2.73. The highest BCUT2D eigenvalue weighted by atomic mass is 32.2. The van der Waals surface area contributed by atoms with E-state index in [1.807, 2.05) is 23.9 Å². The van der Waals surface area contributed by atoms with Gasteiger partial charge >= 0.3 is 6.61 Å². The number of benzene rings is 1. The normalized spacial score (nSPS) is 18.8. The van der Waals surface area contributed by atoms with Crippen molar-refractivity contribution in [2.24, 2.45) is 5.73 Å². The fourth-order valence-corrected chi connectivity index (χ4v) is 3.35. The Labute approximate surface area is 122 Å². The van der Waals surface area contributed by atoms with Crippen molar-refractivity contribution in [3.05, 3.63) is 29.8 Å². The van der Waals surface area contributed by atoms with Crippen molar-refractivity contribution in [3.8, 4) is 5.75 Å². The fraction of sp³-hybridized carbons (Fsp3) is 0.571. The number of ether oxygens (including phenoxy) is 1. The van der Waals surface area contributed by atoms with Crippen molar-refractivity contribution in [3.63, 3.8) is 0 Å². The van der Waals surface area contributed by atoms with Crippen LogP contribution in [0.5, 0.6) is 5.75 Å². The first kappa shape index (κ1) is 15.5. The summed E-state index contributed by atoms with van der Waals surface area (Å²) in [6.45, 7) is -0.208. The summed E-state index contributed by atoms with van der Waals surface area (Å²) in [6.07, 6.45) is 1.16. The van der Waals surface area contributed by atoms with Crippen molar-refractivity contribution in [2.45, 2.75) is 19.1 Å². The minimum absolute atomic E-state index is 0.147. The summed E-state index contributed by atoms with van der Waals surface area (Å²) in [5.41, 5.74) is 6.96. The van der Waals surface area contributed by atoms with Gasteiger partial charge in [0.2, 0.25) is 0 Å². The highest BCUT2D eigenvalue weighted by molar-refractivity contribution is 7.99. The van der Waals surface area contributed by atoms with E-state index in [2.05, 4.69) is 9.64 Å². The third kappa shape index (κ3) is 4.33. The minimum atomic E-state index is -2.78. The zero-order chi connectivity index (χ0) is 14.4. The summed E-state index contributed by atoms with van der Waals surface area (Å²) >= 11 is 1.97. The van der Waals surface area contributed by atoms with Crippen LogP contribution >= 0.6 is 11.8 Å². The largest absolute Gasteiger partial charge is 0.435 e. The molecule has 112 valence electrons. The van der Waals surface area contributed by atoms with Crippen molar-refractivity contribution < 1.29 is 13.5 Å². The van der Waals surface area contributed by atoms with Crippen LogP contribution in [-0.2, 0) is 0 Å². The van der Waals surface area contributed by atoms with Gasteiger partial charge in [-0.2, -0.15) is 20.5 Å². The van der Waals surface area contributed by atoms with Gasteiger partial charge < -0.3 is 10.5 Å². The van der Waals surface area contributed by atoms with Gasteiger partial charge in [-0.3, -0.25) is 4.90 Å². The summed E-state index contributed by atoms with van der Waals surface area (Å²) in [4.78, 5) is 2.38. The fourth-order valence-electron chi connectivity index (χ4n) is 2.44. The van der Waals surface area contributed by atoms with Gasteiger partial charge in [0.05, 0.1) is 0 Å². The molecule has 1 atom stereocenters. The lowest BCUT2D eigenvalue weighted by Gasteiger charge is -2.29. The smallest absolute Gasteiger partial charge is 0.387 e. The lowest BCUT2D eigenvalue weighted by atomic mass is 10.0. The molecule has 2 N–H and O–H groups in total. The Kier molecular flexibility index (Phi) is 6.06. The first-order chi connectivity index (χ1) is 9.70. The van der Waals surface area contributed by atoms with Gasteiger partial charge in [0, 0.05) is 24.9 Å². The molecule has 0 spiro atoms. The Morgan fingerprint density at radius 3 is 2.60 bits per heavy atom. The molecule has 0 aliphatic carbocycles. The topological polar surface area (TPSA) is 38.5 Å². The van der Waals surface area contributed by atoms with Gasteiger partial charge in [-0.05, 0) is 36.4 Å². The molecule has 0 radical (unpaired) electrons. The summed E-state index contributed by atoms with van der Waals surface area (Å²) in [5, 5.41) is 0. The number of halogens is 2. The Morgan fingerprint density at radius 1 is 1.20 bits per heavy atom. The summed E-state index contributed by atoms with van der Waals surface area (Å²) in [6, 6.07) is 6.96. The molecule has 0 saturated carbocycles. The number of nitrogens with two attached hydrogens (primary N) is 1. The first-order valence-electron chi connectivity index (χ1n) is 6.77. The number of thioether (sulfide) groups is 1. The van der Waals surface area contributed by atoms with Crippen LogP contribution in [0, 0.1) is 0 Å². The molecule has 1 aliphatic rings. The Hall–Kier alpha value is -0.850. The molecular weight excluding hydrogens is 282 g/mol. The predicted molar refractivity (Wildman–Crippen MR) is 78.4 cm³/mol. The second-order valence-corrected chi connectivity index (χ2v) is 5.93. The number of hydrogen-bond donors (Lipinski definition) is 1. The van der Waals surface area contributed by atoms with Gasteiger partial charge in [-0.15, -0.1) is 0 Å². The lowest BCUT2D eigenvalue weighted by molar-refractivity contribution is -0.0498. The van der Waals surface area contributed by atoms with E-state index in [9.17, 15) is 8.78 Å². The molecule has 2 rings (SSSR count). The molecule has 0 aromatic heterocycles. The van der Waals surface area contributed by atoms with Crippen LogP contribution in [0.3, 0.4) is 0 Å². The van der Waals surface area contributed by atoms with E-state index < -0.39 is 6.61 Å².